The van der Waals surface area contributed by atoms with Crippen molar-refractivity contribution in [3.8, 4) is 17.6 Å². The highest BCUT2D eigenvalue weighted by Gasteiger charge is 2.24. The third kappa shape index (κ3) is 3.71. The quantitative estimate of drug-likeness (QED) is 0.389. The van der Waals surface area contributed by atoms with Crippen molar-refractivity contribution in [1.29, 1.82) is 5.26 Å². The van der Waals surface area contributed by atoms with Gasteiger partial charge in [-0.1, -0.05) is 19.3 Å². The number of nitro benzene ring substituents is 1. The lowest BCUT2D eigenvalue weighted by molar-refractivity contribution is -0.385. The Bertz CT molecular complexity index is 775. The standard InChI is InChI=1S/C17H17N3O5/c18-9-12(17(21)19-13-4-2-1-3-5-13)6-11-7-15-16(25-10-24-15)8-14(11)20(22)23/h6-8,13H,1-5,10H2,(H,19,21)/b12-6-. The van der Waals surface area contributed by atoms with Gasteiger partial charge in [-0.05, 0) is 25.0 Å². The molecule has 0 atom stereocenters. The van der Waals surface area contributed by atoms with Gasteiger partial charge < -0.3 is 14.8 Å². The Balaban J connectivity index is 1.87. The number of amides is 1. The maximum atomic E-state index is 12.3. The zero-order valence-corrected chi connectivity index (χ0v) is 13.5. The molecule has 1 N–H and O–H groups in total. The number of fused-ring (bicyclic) bond motifs is 1. The number of nitro groups is 1. The van der Waals surface area contributed by atoms with Gasteiger partial charge in [-0.2, -0.15) is 5.26 Å². The molecule has 0 saturated heterocycles. The molecule has 1 heterocycles. The van der Waals surface area contributed by atoms with Crippen LogP contribution in [0.2, 0.25) is 0 Å². The molecule has 130 valence electrons. The second kappa shape index (κ2) is 7.21. The Kier molecular flexibility index (Phi) is 4.84. The highest BCUT2D eigenvalue weighted by Crippen LogP contribution is 2.38. The van der Waals surface area contributed by atoms with Crippen molar-refractivity contribution in [2.24, 2.45) is 0 Å². The summed E-state index contributed by atoms with van der Waals surface area (Å²) in [5.74, 6) is 0.109. The molecule has 0 bridgehead atoms. The van der Waals surface area contributed by atoms with Crippen LogP contribution in [0.1, 0.15) is 37.7 Å². The minimum atomic E-state index is -0.582. The first-order chi connectivity index (χ1) is 12.1. The van der Waals surface area contributed by atoms with E-state index in [2.05, 4.69) is 5.32 Å². The lowest BCUT2D eigenvalue weighted by Crippen LogP contribution is -2.36. The summed E-state index contributed by atoms with van der Waals surface area (Å²) in [5, 5.41) is 23.4. The highest BCUT2D eigenvalue weighted by molar-refractivity contribution is 6.02. The molecule has 25 heavy (non-hydrogen) atoms. The van der Waals surface area contributed by atoms with E-state index in [4.69, 9.17) is 9.47 Å². The number of carbonyl (C=O) groups is 1. The van der Waals surface area contributed by atoms with Gasteiger partial charge in [0, 0.05) is 6.04 Å². The average Bonchev–Trinajstić information content (AvgIpc) is 3.06. The molecule has 0 unspecified atom stereocenters. The minimum absolute atomic E-state index is 0.0209. The molecule has 1 aliphatic heterocycles. The van der Waals surface area contributed by atoms with Crippen LogP contribution in [0.25, 0.3) is 6.08 Å². The summed E-state index contributed by atoms with van der Waals surface area (Å²) in [5.41, 5.74) is -0.292. The predicted octanol–water partition coefficient (Wildman–Crippen LogP) is 2.68. The molecule has 0 radical (unpaired) electrons. The van der Waals surface area contributed by atoms with Crippen LogP contribution in [0.4, 0.5) is 5.69 Å². The third-order valence-corrected chi connectivity index (χ3v) is 4.32. The fraction of sp³-hybridized carbons (Fsp3) is 0.412. The first-order valence-electron chi connectivity index (χ1n) is 8.09. The van der Waals surface area contributed by atoms with Gasteiger partial charge in [-0.3, -0.25) is 14.9 Å². The molecule has 0 spiro atoms. The molecule has 1 amide bonds. The number of hydrogen-bond acceptors (Lipinski definition) is 6. The fourth-order valence-corrected chi connectivity index (χ4v) is 3.03. The van der Waals surface area contributed by atoms with Crippen molar-refractivity contribution in [3.05, 3.63) is 33.4 Å². The molecule has 1 aliphatic carbocycles. The lowest BCUT2D eigenvalue weighted by atomic mass is 9.95. The first-order valence-corrected chi connectivity index (χ1v) is 8.09. The van der Waals surface area contributed by atoms with E-state index >= 15 is 0 Å². The van der Waals surface area contributed by atoms with E-state index < -0.39 is 10.8 Å². The molecule has 1 fully saturated rings. The number of nitrogens with zero attached hydrogens (tertiary/aromatic N) is 2. The lowest BCUT2D eigenvalue weighted by Gasteiger charge is -2.22. The Labute approximate surface area is 144 Å². The molecule has 1 aromatic rings. The van der Waals surface area contributed by atoms with Gasteiger partial charge in [0.05, 0.1) is 16.6 Å². The molecule has 0 aromatic heterocycles. The number of nitrogens with one attached hydrogen (secondary N) is 1. The zero-order chi connectivity index (χ0) is 17.8. The van der Waals surface area contributed by atoms with E-state index in [9.17, 15) is 20.2 Å². The summed E-state index contributed by atoms with van der Waals surface area (Å²) in [6.07, 6.45) is 6.23. The van der Waals surface area contributed by atoms with Crippen LogP contribution in [-0.4, -0.2) is 23.7 Å². The summed E-state index contributed by atoms with van der Waals surface area (Å²) in [4.78, 5) is 23.0. The zero-order valence-electron chi connectivity index (χ0n) is 13.5. The van der Waals surface area contributed by atoms with E-state index in [-0.39, 0.29) is 35.4 Å². The molecule has 8 heteroatoms. The van der Waals surface area contributed by atoms with E-state index in [1.165, 1.54) is 18.2 Å². The highest BCUT2D eigenvalue weighted by atomic mass is 16.7. The van der Waals surface area contributed by atoms with Crippen molar-refractivity contribution >= 4 is 17.7 Å². The second-order valence-electron chi connectivity index (χ2n) is 6.00. The maximum absolute atomic E-state index is 12.3. The van der Waals surface area contributed by atoms with Gasteiger partial charge in [0.15, 0.2) is 11.5 Å². The van der Waals surface area contributed by atoms with E-state index in [0.717, 1.165) is 32.1 Å². The molecular formula is C17H17N3O5. The Morgan fingerprint density at radius 1 is 1.28 bits per heavy atom. The van der Waals surface area contributed by atoms with Crippen molar-refractivity contribution in [1.82, 2.24) is 5.32 Å². The summed E-state index contributed by atoms with van der Waals surface area (Å²) in [6.45, 7) is -0.0209. The molecule has 1 aromatic carbocycles. The van der Waals surface area contributed by atoms with Gasteiger partial charge >= 0.3 is 0 Å². The topological polar surface area (TPSA) is 114 Å². The van der Waals surface area contributed by atoms with Gasteiger partial charge in [-0.25, -0.2) is 0 Å². The van der Waals surface area contributed by atoms with Gasteiger partial charge in [0.25, 0.3) is 11.6 Å². The van der Waals surface area contributed by atoms with Gasteiger partial charge in [0.2, 0.25) is 6.79 Å². The summed E-state index contributed by atoms with van der Waals surface area (Å²) < 4.78 is 10.3. The van der Waals surface area contributed by atoms with Gasteiger partial charge in [-0.15, -0.1) is 0 Å². The van der Waals surface area contributed by atoms with Crippen LogP contribution in [0, 0.1) is 21.4 Å². The monoisotopic (exact) mass is 343 g/mol. The van der Waals surface area contributed by atoms with Crippen molar-refractivity contribution in [2.75, 3.05) is 6.79 Å². The SMILES string of the molecule is N#C/C(=C/c1cc2c(cc1[N+](=O)[O-])OCO2)C(=O)NC1CCCCC1. The number of benzene rings is 1. The van der Waals surface area contributed by atoms with E-state index in [1.54, 1.807) is 0 Å². The summed E-state index contributed by atoms with van der Waals surface area (Å²) in [7, 11) is 0. The number of carbonyl (C=O) groups excluding carboxylic acids is 1. The number of ether oxygens (including phenoxy) is 2. The van der Waals surface area contributed by atoms with Crippen LogP contribution >= 0.6 is 0 Å². The Morgan fingerprint density at radius 3 is 2.60 bits per heavy atom. The third-order valence-electron chi connectivity index (χ3n) is 4.32. The smallest absolute Gasteiger partial charge is 0.280 e. The van der Waals surface area contributed by atoms with E-state index in [1.807, 2.05) is 6.07 Å². The van der Waals surface area contributed by atoms with E-state index in [0.29, 0.717) is 5.75 Å². The first kappa shape index (κ1) is 16.8. The average molecular weight is 343 g/mol. The Hall–Kier alpha value is -3.08. The molecule has 2 aliphatic rings. The normalized spacial score (nSPS) is 17.0. The largest absolute Gasteiger partial charge is 0.454 e. The molecule has 3 rings (SSSR count). The van der Waals surface area contributed by atoms with Crippen molar-refractivity contribution < 1.29 is 19.2 Å². The maximum Gasteiger partial charge on any atom is 0.280 e. The molecule has 8 nitrogen and oxygen atoms in total. The number of hydrogen-bond donors (Lipinski definition) is 1. The number of rotatable bonds is 4. The van der Waals surface area contributed by atoms with Crippen LogP contribution < -0.4 is 14.8 Å². The van der Waals surface area contributed by atoms with Gasteiger partial charge in [0.1, 0.15) is 11.6 Å². The molecular weight excluding hydrogens is 326 g/mol. The van der Waals surface area contributed by atoms with Crippen molar-refractivity contribution in [2.45, 2.75) is 38.1 Å². The summed E-state index contributed by atoms with van der Waals surface area (Å²) >= 11 is 0. The fourth-order valence-electron chi connectivity index (χ4n) is 3.03. The molecule has 1 saturated carbocycles. The van der Waals surface area contributed by atoms with Crippen LogP contribution in [0.5, 0.6) is 11.5 Å². The Morgan fingerprint density at radius 2 is 1.96 bits per heavy atom. The number of nitriles is 1. The minimum Gasteiger partial charge on any atom is -0.454 e. The van der Waals surface area contributed by atoms with Crippen LogP contribution in [0.3, 0.4) is 0 Å². The summed E-state index contributed by atoms with van der Waals surface area (Å²) in [6, 6.07) is 4.52. The predicted molar refractivity (Wildman–Crippen MR) is 87.8 cm³/mol. The van der Waals surface area contributed by atoms with Crippen LogP contribution in [-0.2, 0) is 4.79 Å². The van der Waals surface area contributed by atoms with Crippen LogP contribution in [0.15, 0.2) is 17.7 Å². The van der Waals surface area contributed by atoms with Crippen molar-refractivity contribution in [3.63, 3.8) is 0 Å². The second-order valence-corrected chi connectivity index (χ2v) is 6.00.